The number of rotatable bonds is 5. The summed E-state index contributed by atoms with van der Waals surface area (Å²) in [5.74, 6) is 0. The van der Waals surface area contributed by atoms with Crippen LogP contribution in [0.4, 0.5) is 5.69 Å². The molecule has 1 fully saturated rings. The van der Waals surface area contributed by atoms with Gasteiger partial charge in [0.1, 0.15) is 0 Å². The summed E-state index contributed by atoms with van der Waals surface area (Å²) in [6.45, 7) is 0.723. The van der Waals surface area contributed by atoms with Crippen LogP contribution in [0.5, 0.6) is 0 Å². The molecule has 3 nitrogen and oxygen atoms in total. The predicted octanol–water partition coefficient (Wildman–Crippen LogP) is 2.71. The first-order chi connectivity index (χ1) is 8.26. The third-order valence-electron chi connectivity index (χ3n) is 2.96. The second-order valence-corrected chi connectivity index (χ2v) is 4.68. The molecule has 0 bridgehead atoms. The normalized spacial score (nSPS) is 14.4. The average molecular weight is 251 g/mol. The fourth-order valence-corrected chi connectivity index (χ4v) is 2.25. The highest BCUT2D eigenvalue weighted by Crippen LogP contribution is 2.36. The Morgan fingerprint density at radius 2 is 2.24 bits per heavy atom. The van der Waals surface area contributed by atoms with Crippen LogP contribution in [0.15, 0.2) is 18.2 Å². The molecule has 2 rings (SSSR count). The third-order valence-corrected chi connectivity index (χ3v) is 3.26. The molecule has 0 saturated heterocycles. The van der Waals surface area contributed by atoms with E-state index in [9.17, 15) is 0 Å². The standard InChI is InChI=1S/C13H15ClN2O/c14-12-8-10(9-17)2-5-13(12)16(7-1-6-15)11-3-4-11/h2,5,8,11,17H,1,3-4,7,9H2. The highest BCUT2D eigenvalue weighted by Gasteiger charge is 2.29. The van der Waals surface area contributed by atoms with Gasteiger partial charge in [0.25, 0.3) is 0 Å². The van der Waals surface area contributed by atoms with Crippen LogP contribution in [-0.4, -0.2) is 17.7 Å². The van der Waals surface area contributed by atoms with E-state index in [4.69, 9.17) is 22.0 Å². The Morgan fingerprint density at radius 1 is 1.47 bits per heavy atom. The molecule has 0 aromatic heterocycles. The van der Waals surface area contributed by atoms with Gasteiger partial charge in [-0.1, -0.05) is 17.7 Å². The van der Waals surface area contributed by atoms with E-state index in [1.54, 1.807) is 6.07 Å². The smallest absolute Gasteiger partial charge is 0.0682 e. The highest BCUT2D eigenvalue weighted by molar-refractivity contribution is 6.33. The van der Waals surface area contributed by atoms with Crippen LogP contribution in [0.25, 0.3) is 0 Å². The maximum Gasteiger partial charge on any atom is 0.0682 e. The Balaban J connectivity index is 2.20. The molecule has 0 aliphatic heterocycles. The van der Waals surface area contributed by atoms with Crippen molar-refractivity contribution >= 4 is 17.3 Å². The third kappa shape index (κ3) is 2.91. The number of hydrogen-bond acceptors (Lipinski definition) is 3. The lowest BCUT2D eigenvalue weighted by molar-refractivity contribution is 0.282. The molecule has 1 aliphatic carbocycles. The van der Waals surface area contributed by atoms with Gasteiger partial charge in [-0.05, 0) is 30.5 Å². The summed E-state index contributed by atoms with van der Waals surface area (Å²) in [6, 6.07) is 8.30. The van der Waals surface area contributed by atoms with Crippen molar-refractivity contribution in [1.82, 2.24) is 0 Å². The van der Waals surface area contributed by atoms with Gasteiger partial charge in [-0.25, -0.2) is 0 Å². The van der Waals surface area contributed by atoms with Crippen LogP contribution in [0.1, 0.15) is 24.8 Å². The summed E-state index contributed by atoms with van der Waals surface area (Å²) in [5.41, 5.74) is 1.79. The SMILES string of the molecule is N#CCCN(c1ccc(CO)cc1Cl)C1CC1. The van der Waals surface area contributed by atoms with Crippen molar-refractivity contribution in [2.75, 3.05) is 11.4 Å². The van der Waals surface area contributed by atoms with Crippen molar-refractivity contribution in [3.8, 4) is 6.07 Å². The average Bonchev–Trinajstić information content (AvgIpc) is 3.15. The molecular formula is C13H15ClN2O. The number of halogens is 1. The first-order valence-electron chi connectivity index (χ1n) is 5.79. The van der Waals surface area contributed by atoms with Crippen molar-refractivity contribution in [1.29, 1.82) is 5.26 Å². The second kappa shape index (κ2) is 5.39. The van der Waals surface area contributed by atoms with Crippen LogP contribution in [0, 0.1) is 11.3 Å². The quantitative estimate of drug-likeness (QED) is 0.874. The number of nitriles is 1. The van der Waals surface area contributed by atoms with Gasteiger partial charge in [-0.15, -0.1) is 0 Å². The second-order valence-electron chi connectivity index (χ2n) is 4.28. The molecule has 1 aromatic carbocycles. The van der Waals surface area contributed by atoms with E-state index in [0.717, 1.165) is 17.8 Å². The topological polar surface area (TPSA) is 47.3 Å². The van der Waals surface area contributed by atoms with E-state index >= 15 is 0 Å². The molecule has 1 saturated carbocycles. The Morgan fingerprint density at radius 3 is 2.76 bits per heavy atom. The minimum absolute atomic E-state index is 0.00161. The summed E-state index contributed by atoms with van der Waals surface area (Å²) in [7, 11) is 0. The number of aliphatic hydroxyl groups is 1. The van der Waals surface area contributed by atoms with Gasteiger partial charge in [0.2, 0.25) is 0 Å². The molecule has 0 heterocycles. The summed E-state index contributed by atoms with van der Waals surface area (Å²) in [4.78, 5) is 2.20. The van der Waals surface area contributed by atoms with Gasteiger partial charge in [-0.2, -0.15) is 5.26 Å². The first-order valence-corrected chi connectivity index (χ1v) is 6.17. The number of hydrogen-bond donors (Lipinski definition) is 1. The first kappa shape index (κ1) is 12.2. The van der Waals surface area contributed by atoms with E-state index in [-0.39, 0.29) is 6.61 Å². The summed E-state index contributed by atoms with van der Waals surface area (Å²) in [5, 5.41) is 18.4. The van der Waals surface area contributed by atoms with Crippen LogP contribution >= 0.6 is 11.6 Å². The Labute approximate surface area is 106 Å². The van der Waals surface area contributed by atoms with E-state index in [0.29, 0.717) is 17.5 Å². The molecule has 90 valence electrons. The molecule has 0 radical (unpaired) electrons. The molecule has 1 aliphatic rings. The summed E-state index contributed by atoms with van der Waals surface area (Å²) < 4.78 is 0. The number of aliphatic hydroxyl groups excluding tert-OH is 1. The molecule has 0 atom stereocenters. The van der Waals surface area contributed by atoms with Crippen molar-refractivity contribution in [3.05, 3.63) is 28.8 Å². The lowest BCUT2D eigenvalue weighted by atomic mass is 10.2. The van der Waals surface area contributed by atoms with Crippen LogP contribution < -0.4 is 4.90 Å². The van der Waals surface area contributed by atoms with E-state index in [1.807, 2.05) is 12.1 Å². The lowest BCUT2D eigenvalue weighted by Gasteiger charge is -2.25. The van der Waals surface area contributed by atoms with Crippen LogP contribution in [0.3, 0.4) is 0 Å². The van der Waals surface area contributed by atoms with Gasteiger partial charge in [0.15, 0.2) is 0 Å². The Hall–Kier alpha value is -1.24. The predicted molar refractivity (Wildman–Crippen MR) is 68.0 cm³/mol. The molecule has 4 heteroatoms. The van der Waals surface area contributed by atoms with Gasteiger partial charge in [-0.3, -0.25) is 0 Å². The van der Waals surface area contributed by atoms with Crippen molar-refractivity contribution in [3.63, 3.8) is 0 Å². The molecule has 1 aromatic rings. The lowest BCUT2D eigenvalue weighted by Crippen LogP contribution is -2.26. The fourth-order valence-electron chi connectivity index (χ4n) is 1.94. The molecular weight excluding hydrogens is 236 g/mol. The molecule has 0 amide bonds. The molecule has 17 heavy (non-hydrogen) atoms. The highest BCUT2D eigenvalue weighted by atomic mass is 35.5. The van der Waals surface area contributed by atoms with Gasteiger partial charge < -0.3 is 10.0 Å². The molecule has 1 N–H and O–H groups in total. The Bertz CT molecular complexity index is 438. The Kier molecular flexibility index (Phi) is 3.88. The van der Waals surface area contributed by atoms with E-state index in [1.165, 1.54) is 12.8 Å². The zero-order valence-electron chi connectivity index (χ0n) is 9.56. The number of nitrogens with zero attached hydrogens (tertiary/aromatic N) is 2. The van der Waals surface area contributed by atoms with Crippen LogP contribution in [-0.2, 0) is 6.61 Å². The zero-order valence-corrected chi connectivity index (χ0v) is 10.3. The van der Waals surface area contributed by atoms with Crippen molar-refractivity contribution in [2.24, 2.45) is 0 Å². The van der Waals surface area contributed by atoms with E-state index < -0.39 is 0 Å². The van der Waals surface area contributed by atoms with Gasteiger partial charge >= 0.3 is 0 Å². The maximum absolute atomic E-state index is 9.04. The van der Waals surface area contributed by atoms with Gasteiger partial charge in [0.05, 0.1) is 29.8 Å². The van der Waals surface area contributed by atoms with Gasteiger partial charge in [0, 0.05) is 12.6 Å². The largest absolute Gasteiger partial charge is 0.392 e. The number of benzene rings is 1. The zero-order chi connectivity index (χ0) is 12.3. The van der Waals surface area contributed by atoms with Crippen LogP contribution in [0.2, 0.25) is 5.02 Å². The summed E-state index contributed by atoms with van der Waals surface area (Å²) in [6.07, 6.45) is 2.85. The minimum Gasteiger partial charge on any atom is -0.392 e. The number of anilines is 1. The van der Waals surface area contributed by atoms with E-state index in [2.05, 4.69) is 11.0 Å². The fraction of sp³-hybridized carbons (Fsp3) is 0.462. The van der Waals surface area contributed by atoms with Crippen molar-refractivity contribution in [2.45, 2.75) is 31.9 Å². The monoisotopic (exact) mass is 250 g/mol. The maximum atomic E-state index is 9.04. The minimum atomic E-state index is 0.00161. The van der Waals surface area contributed by atoms with Crippen molar-refractivity contribution < 1.29 is 5.11 Å². The molecule has 0 unspecified atom stereocenters. The molecule has 0 spiro atoms. The summed E-state index contributed by atoms with van der Waals surface area (Å²) >= 11 is 6.22.